The van der Waals surface area contributed by atoms with Crippen LogP contribution in [-0.4, -0.2) is 47.0 Å². The normalized spacial score (nSPS) is 14.6. The highest BCUT2D eigenvalue weighted by Gasteiger charge is 2.28. The van der Waals surface area contributed by atoms with Gasteiger partial charge < -0.3 is 14.2 Å². The third-order valence-corrected chi connectivity index (χ3v) is 6.20. The van der Waals surface area contributed by atoms with Gasteiger partial charge in [0.25, 0.3) is 5.91 Å². The van der Waals surface area contributed by atoms with Gasteiger partial charge in [-0.2, -0.15) is 0 Å². The second-order valence-corrected chi connectivity index (χ2v) is 8.66. The van der Waals surface area contributed by atoms with E-state index < -0.39 is 0 Å². The molecule has 0 N–H and O–H groups in total. The lowest BCUT2D eigenvalue weighted by atomic mass is 10.1. The van der Waals surface area contributed by atoms with E-state index in [1.165, 1.54) is 22.3 Å². The molecule has 1 aliphatic rings. The zero-order valence-electron chi connectivity index (χ0n) is 19.4. The lowest BCUT2D eigenvalue weighted by Crippen LogP contribution is -2.48. The fourth-order valence-electron chi connectivity index (χ4n) is 4.02. The molecule has 3 aromatic rings. The number of piperazine rings is 1. The molecule has 32 heavy (non-hydrogen) atoms. The van der Waals surface area contributed by atoms with Crippen LogP contribution in [0.5, 0.6) is 5.75 Å². The first-order chi connectivity index (χ1) is 15.4. The summed E-state index contributed by atoms with van der Waals surface area (Å²) < 4.78 is 11.3. The zero-order chi connectivity index (χ0) is 22.7. The summed E-state index contributed by atoms with van der Waals surface area (Å²) in [6.45, 7) is 12.2. The van der Waals surface area contributed by atoms with Crippen molar-refractivity contribution in [1.82, 2.24) is 15.0 Å². The number of ether oxygens (including phenoxy) is 1. The highest BCUT2D eigenvalue weighted by molar-refractivity contribution is 5.93. The number of hydrogen-bond donors (Lipinski definition) is 0. The van der Waals surface area contributed by atoms with Crippen LogP contribution in [-0.2, 0) is 13.2 Å². The van der Waals surface area contributed by atoms with E-state index in [0.717, 1.165) is 30.9 Å². The lowest BCUT2D eigenvalue weighted by Gasteiger charge is -2.34. The highest BCUT2D eigenvalue weighted by atomic mass is 16.5. The minimum atomic E-state index is -0.0873. The van der Waals surface area contributed by atoms with Crippen molar-refractivity contribution in [3.8, 4) is 5.75 Å². The number of nitrogens with zero attached hydrogens (tertiary/aromatic N) is 3. The van der Waals surface area contributed by atoms with E-state index in [-0.39, 0.29) is 12.5 Å². The molecule has 2 heterocycles. The van der Waals surface area contributed by atoms with Gasteiger partial charge >= 0.3 is 0 Å². The van der Waals surface area contributed by atoms with Crippen LogP contribution in [0.1, 0.15) is 44.1 Å². The Balaban J connectivity index is 1.37. The van der Waals surface area contributed by atoms with Crippen molar-refractivity contribution in [1.29, 1.82) is 0 Å². The number of aryl methyl sites for hydroxylation is 4. The van der Waals surface area contributed by atoms with Crippen LogP contribution >= 0.6 is 0 Å². The van der Waals surface area contributed by atoms with E-state index in [0.29, 0.717) is 24.5 Å². The van der Waals surface area contributed by atoms with Crippen molar-refractivity contribution in [2.45, 2.75) is 40.8 Å². The molecule has 2 aromatic carbocycles. The molecule has 0 saturated carbocycles. The molecule has 0 radical (unpaired) electrons. The molecule has 0 spiro atoms. The molecule has 0 aliphatic carbocycles. The molecule has 4 rings (SSSR count). The smallest absolute Gasteiger partial charge is 0.276 e. The summed E-state index contributed by atoms with van der Waals surface area (Å²) in [5.74, 6) is 1.31. The summed E-state index contributed by atoms with van der Waals surface area (Å²) in [4.78, 5) is 17.4. The molecule has 0 unspecified atom stereocenters. The van der Waals surface area contributed by atoms with Gasteiger partial charge in [0.15, 0.2) is 5.69 Å². The maximum atomic E-state index is 13.2. The van der Waals surface area contributed by atoms with Crippen LogP contribution in [0.15, 0.2) is 47.0 Å². The minimum Gasteiger partial charge on any atom is -0.489 e. The average Bonchev–Trinajstić information content (AvgIpc) is 3.15. The van der Waals surface area contributed by atoms with E-state index >= 15 is 0 Å². The molecule has 1 amide bonds. The Labute approximate surface area is 189 Å². The van der Waals surface area contributed by atoms with E-state index in [9.17, 15) is 4.79 Å². The zero-order valence-corrected chi connectivity index (χ0v) is 19.4. The molecular weight excluding hydrogens is 402 g/mol. The molecular formula is C26H31N3O3. The van der Waals surface area contributed by atoms with Gasteiger partial charge in [-0.1, -0.05) is 41.1 Å². The van der Waals surface area contributed by atoms with Crippen LogP contribution in [0.2, 0.25) is 0 Å². The summed E-state index contributed by atoms with van der Waals surface area (Å²) in [5, 5.41) is 4.07. The largest absolute Gasteiger partial charge is 0.489 e. The SMILES string of the molecule is Cc1cccc(CN2CCN(C(=O)c3noc(C)c3COc3ccc(C)c(C)c3)CC2)c1. The van der Waals surface area contributed by atoms with Gasteiger partial charge in [0.2, 0.25) is 0 Å². The number of rotatable bonds is 6. The van der Waals surface area contributed by atoms with Crippen molar-refractivity contribution < 1.29 is 14.1 Å². The Morgan fingerprint density at radius 3 is 2.50 bits per heavy atom. The predicted molar refractivity (Wildman–Crippen MR) is 124 cm³/mol. The molecule has 0 bridgehead atoms. The Morgan fingerprint density at radius 2 is 1.78 bits per heavy atom. The van der Waals surface area contributed by atoms with Crippen LogP contribution in [0.3, 0.4) is 0 Å². The Bertz CT molecular complexity index is 1100. The maximum absolute atomic E-state index is 13.2. The van der Waals surface area contributed by atoms with Crippen molar-refractivity contribution in [2.75, 3.05) is 26.2 Å². The third kappa shape index (κ3) is 5.02. The number of aromatic nitrogens is 1. The number of benzene rings is 2. The molecule has 1 aromatic heterocycles. The average molecular weight is 434 g/mol. The predicted octanol–water partition coefficient (Wildman–Crippen LogP) is 4.45. The first-order valence-electron chi connectivity index (χ1n) is 11.1. The Hall–Kier alpha value is -3.12. The van der Waals surface area contributed by atoms with Crippen LogP contribution in [0, 0.1) is 27.7 Å². The Kier molecular flexibility index (Phi) is 6.61. The molecule has 1 fully saturated rings. The lowest BCUT2D eigenvalue weighted by molar-refractivity contribution is 0.0616. The quantitative estimate of drug-likeness (QED) is 0.575. The van der Waals surface area contributed by atoms with Crippen LogP contribution < -0.4 is 4.74 Å². The molecule has 1 saturated heterocycles. The van der Waals surface area contributed by atoms with Gasteiger partial charge in [0, 0.05) is 32.7 Å². The van der Waals surface area contributed by atoms with Crippen LogP contribution in [0.25, 0.3) is 0 Å². The fraction of sp³-hybridized carbons (Fsp3) is 0.385. The first kappa shape index (κ1) is 22.1. The fourth-order valence-corrected chi connectivity index (χ4v) is 4.02. The summed E-state index contributed by atoms with van der Waals surface area (Å²) >= 11 is 0. The second-order valence-electron chi connectivity index (χ2n) is 8.66. The highest BCUT2D eigenvalue weighted by Crippen LogP contribution is 2.22. The van der Waals surface area contributed by atoms with Crippen molar-refractivity contribution in [3.63, 3.8) is 0 Å². The maximum Gasteiger partial charge on any atom is 0.276 e. The van der Waals surface area contributed by atoms with Crippen molar-refractivity contribution in [3.05, 3.63) is 81.7 Å². The first-order valence-corrected chi connectivity index (χ1v) is 11.1. The molecule has 168 valence electrons. The van der Waals surface area contributed by atoms with Gasteiger partial charge in [-0.3, -0.25) is 9.69 Å². The number of carbonyl (C=O) groups excluding carboxylic acids is 1. The summed E-state index contributed by atoms with van der Waals surface area (Å²) in [5.41, 5.74) is 6.05. The molecule has 6 nitrogen and oxygen atoms in total. The summed E-state index contributed by atoms with van der Waals surface area (Å²) in [7, 11) is 0. The minimum absolute atomic E-state index is 0.0873. The number of amides is 1. The summed E-state index contributed by atoms with van der Waals surface area (Å²) in [6, 6.07) is 14.6. The molecule has 6 heteroatoms. The monoisotopic (exact) mass is 433 g/mol. The van der Waals surface area contributed by atoms with E-state index in [1.54, 1.807) is 0 Å². The summed E-state index contributed by atoms with van der Waals surface area (Å²) in [6.07, 6.45) is 0. The standard InChI is InChI=1S/C26H31N3O3/c1-18-6-5-7-22(14-18)16-28-10-12-29(13-11-28)26(30)25-24(21(4)32-27-25)17-31-23-9-8-19(2)20(3)15-23/h5-9,14-15H,10-13,16-17H2,1-4H3. The van der Waals surface area contributed by atoms with E-state index in [1.807, 2.05) is 30.0 Å². The van der Waals surface area contributed by atoms with E-state index in [2.05, 4.69) is 55.1 Å². The van der Waals surface area contributed by atoms with Gasteiger partial charge in [-0.15, -0.1) is 0 Å². The van der Waals surface area contributed by atoms with Crippen LogP contribution in [0.4, 0.5) is 0 Å². The second kappa shape index (κ2) is 9.57. The van der Waals surface area contributed by atoms with Crippen molar-refractivity contribution in [2.24, 2.45) is 0 Å². The van der Waals surface area contributed by atoms with Gasteiger partial charge in [0.1, 0.15) is 18.1 Å². The molecule has 1 aliphatic heterocycles. The van der Waals surface area contributed by atoms with Gasteiger partial charge in [-0.05, 0) is 56.5 Å². The van der Waals surface area contributed by atoms with Gasteiger partial charge in [-0.25, -0.2) is 0 Å². The van der Waals surface area contributed by atoms with Gasteiger partial charge in [0.05, 0.1) is 5.56 Å². The van der Waals surface area contributed by atoms with Crippen molar-refractivity contribution >= 4 is 5.91 Å². The number of hydrogen-bond acceptors (Lipinski definition) is 5. The molecule has 0 atom stereocenters. The Morgan fingerprint density at radius 1 is 1.00 bits per heavy atom. The van der Waals surface area contributed by atoms with E-state index in [4.69, 9.17) is 9.26 Å². The third-order valence-electron chi connectivity index (χ3n) is 6.20. The topological polar surface area (TPSA) is 58.8 Å². The number of carbonyl (C=O) groups is 1.